The summed E-state index contributed by atoms with van der Waals surface area (Å²) in [5.41, 5.74) is 0. The summed E-state index contributed by atoms with van der Waals surface area (Å²) in [4.78, 5) is 25.1. The largest absolute Gasteiger partial charge is 0.310 e. The molecule has 2 aliphatic heterocycles. The molecular weight excluding hydrogens is 272 g/mol. The van der Waals surface area contributed by atoms with Crippen molar-refractivity contribution in [2.24, 2.45) is 0 Å². The van der Waals surface area contributed by atoms with Crippen LogP contribution in [-0.4, -0.2) is 46.3 Å². The van der Waals surface area contributed by atoms with E-state index in [1.54, 1.807) is 4.90 Å². The minimum Gasteiger partial charge on any atom is -0.310 e. The molecule has 2 heterocycles. The highest BCUT2D eigenvalue weighted by molar-refractivity contribution is 7.99. The van der Waals surface area contributed by atoms with Gasteiger partial charge in [0.1, 0.15) is 0 Å². The van der Waals surface area contributed by atoms with E-state index >= 15 is 0 Å². The Morgan fingerprint density at radius 2 is 1.65 bits per heavy atom. The molecule has 0 radical (unpaired) electrons. The lowest BCUT2D eigenvalue weighted by atomic mass is 9.89. The van der Waals surface area contributed by atoms with Crippen molar-refractivity contribution < 1.29 is 9.59 Å². The molecule has 2 saturated heterocycles. The standard InChI is InChI=1S/C15H24N2O2S/c18-14-7-8-15(19)17(14)13-5-3-11(4-6-13)16-12-2-1-9-20-10-12/h11-13,16H,1-10H2/t11?,12-,13?/m0/s1. The number of nitrogens with zero attached hydrogens (tertiary/aromatic N) is 1. The molecule has 2 amide bonds. The Balaban J connectivity index is 1.47. The molecule has 1 aliphatic carbocycles. The molecule has 0 aromatic carbocycles. The van der Waals surface area contributed by atoms with Crippen molar-refractivity contribution in [2.75, 3.05) is 11.5 Å². The maximum absolute atomic E-state index is 11.8. The number of hydrogen-bond acceptors (Lipinski definition) is 4. The molecule has 1 atom stereocenters. The third-order valence-electron chi connectivity index (χ3n) is 4.78. The second kappa shape index (κ2) is 6.48. The summed E-state index contributed by atoms with van der Waals surface area (Å²) in [5, 5.41) is 3.78. The highest BCUT2D eigenvalue weighted by Gasteiger charge is 2.37. The first kappa shape index (κ1) is 14.4. The molecule has 0 bridgehead atoms. The number of carbonyl (C=O) groups excluding carboxylic acids is 2. The monoisotopic (exact) mass is 296 g/mol. The van der Waals surface area contributed by atoms with Gasteiger partial charge in [0, 0.05) is 36.7 Å². The van der Waals surface area contributed by atoms with E-state index in [1.807, 2.05) is 0 Å². The van der Waals surface area contributed by atoms with E-state index in [2.05, 4.69) is 17.1 Å². The van der Waals surface area contributed by atoms with Gasteiger partial charge in [0.2, 0.25) is 11.8 Å². The van der Waals surface area contributed by atoms with E-state index in [1.165, 1.54) is 24.3 Å². The van der Waals surface area contributed by atoms with Crippen LogP contribution in [0.4, 0.5) is 0 Å². The van der Waals surface area contributed by atoms with E-state index in [9.17, 15) is 9.59 Å². The van der Waals surface area contributed by atoms with Crippen LogP contribution in [0, 0.1) is 0 Å². The van der Waals surface area contributed by atoms with E-state index in [-0.39, 0.29) is 17.9 Å². The molecule has 5 heteroatoms. The third-order valence-corrected chi connectivity index (χ3v) is 6.00. The number of carbonyl (C=O) groups is 2. The van der Waals surface area contributed by atoms with Crippen molar-refractivity contribution in [3.05, 3.63) is 0 Å². The number of hydrogen-bond donors (Lipinski definition) is 1. The summed E-state index contributed by atoms with van der Waals surface area (Å²) in [6, 6.07) is 1.43. The lowest BCUT2D eigenvalue weighted by molar-refractivity contribution is -0.141. The van der Waals surface area contributed by atoms with Crippen LogP contribution in [0.25, 0.3) is 0 Å². The van der Waals surface area contributed by atoms with E-state index in [4.69, 9.17) is 0 Å². The Labute approximate surface area is 125 Å². The van der Waals surface area contributed by atoms with Gasteiger partial charge in [-0.3, -0.25) is 14.5 Å². The minimum absolute atomic E-state index is 0.0510. The van der Waals surface area contributed by atoms with Crippen LogP contribution in [-0.2, 0) is 9.59 Å². The highest BCUT2D eigenvalue weighted by atomic mass is 32.2. The Bertz CT molecular complexity index is 358. The summed E-state index contributed by atoms with van der Waals surface area (Å²) in [6.45, 7) is 0. The van der Waals surface area contributed by atoms with Crippen molar-refractivity contribution in [3.8, 4) is 0 Å². The van der Waals surface area contributed by atoms with Gasteiger partial charge in [0.25, 0.3) is 0 Å². The van der Waals surface area contributed by atoms with Crippen LogP contribution < -0.4 is 5.32 Å². The average Bonchev–Trinajstić information content (AvgIpc) is 2.81. The molecule has 0 unspecified atom stereocenters. The van der Waals surface area contributed by atoms with Crippen molar-refractivity contribution in [1.82, 2.24) is 10.2 Å². The summed E-state index contributed by atoms with van der Waals surface area (Å²) in [5.74, 6) is 2.65. The zero-order valence-corrected chi connectivity index (χ0v) is 12.8. The van der Waals surface area contributed by atoms with Crippen LogP contribution in [0.2, 0.25) is 0 Å². The molecule has 3 fully saturated rings. The topological polar surface area (TPSA) is 49.4 Å². The Kier molecular flexibility index (Phi) is 4.66. The van der Waals surface area contributed by atoms with Gasteiger partial charge in [-0.1, -0.05) is 0 Å². The van der Waals surface area contributed by atoms with Crippen LogP contribution in [0.3, 0.4) is 0 Å². The predicted molar refractivity (Wildman–Crippen MR) is 80.6 cm³/mol. The van der Waals surface area contributed by atoms with Gasteiger partial charge in [-0.15, -0.1) is 0 Å². The van der Waals surface area contributed by atoms with Crippen molar-refractivity contribution >= 4 is 23.6 Å². The van der Waals surface area contributed by atoms with Gasteiger partial charge < -0.3 is 5.32 Å². The van der Waals surface area contributed by atoms with Gasteiger partial charge in [0.15, 0.2) is 0 Å². The van der Waals surface area contributed by atoms with Gasteiger partial charge in [0.05, 0.1) is 0 Å². The normalized spacial score (nSPS) is 35.6. The molecule has 1 N–H and O–H groups in total. The summed E-state index contributed by atoms with van der Waals surface area (Å²) in [6.07, 6.45) is 7.65. The molecule has 3 rings (SSSR count). The van der Waals surface area contributed by atoms with Crippen LogP contribution >= 0.6 is 11.8 Å². The Hall–Kier alpha value is -0.550. The minimum atomic E-state index is 0.0510. The number of imide groups is 1. The third kappa shape index (κ3) is 3.19. The highest BCUT2D eigenvalue weighted by Crippen LogP contribution is 2.28. The van der Waals surface area contributed by atoms with Gasteiger partial charge >= 0.3 is 0 Å². The number of nitrogens with one attached hydrogen (secondary N) is 1. The van der Waals surface area contributed by atoms with Crippen molar-refractivity contribution in [2.45, 2.75) is 69.5 Å². The Morgan fingerprint density at radius 3 is 2.25 bits per heavy atom. The van der Waals surface area contributed by atoms with Crippen LogP contribution in [0.15, 0.2) is 0 Å². The molecule has 4 nitrogen and oxygen atoms in total. The molecule has 0 aromatic rings. The first-order valence-corrected chi connectivity index (χ1v) is 9.08. The maximum atomic E-state index is 11.8. The number of amides is 2. The van der Waals surface area contributed by atoms with E-state index in [0.717, 1.165) is 25.7 Å². The lowest BCUT2D eigenvalue weighted by Crippen LogP contribution is -2.47. The predicted octanol–water partition coefficient (Wildman–Crippen LogP) is 1.93. The average molecular weight is 296 g/mol. The van der Waals surface area contributed by atoms with Gasteiger partial charge in [-0.05, 0) is 44.3 Å². The molecule has 20 heavy (non-hydrogen) atoms. The molecule has 0 aromatic heterocycles. The SMILES string of the molecule is O=C1CCC(=O)N1C1CCC(N[C@H]2CCCSC2)CC1. The quantitative estimate of drug-likeness (QED) is 0.809. The van der Waals surface area contributed by atoms with Crippen molar-refractivity contribution in [3.63, 3.8) is 0 Å². The molecule has 3 aliphatic rings. The molecule has 112 valence electrons. The lowest BCUT2D eigenvalue weighted by Gasteiger charge is -2.36. The van der Waals surface area contributed by atoms with Crippen LogP contribution in [0.5, 0.6) is 0 Å². The molecular formula is C15H24N2O2S. The summed E-state index contributed by atoms with van der Waals surface area (Å²) < 4.78 is 0. The zero-order chi connectivity index (χ0) is 13.9. The molecule has 0 spiro atoms. The van der Waals surface area contributed by atoms with E-state index in [0.29, 0.717) is 24.9 Å². The fourth-order valence-corrected chi connectivity index (χ4v) is 4.79. The zero-order valence-electron chi connectivity index (χ0n) is 12.0. The number of rotatable bonds is 3. The fourth-order valence-electron chi connectivity index (χ4n) is 3.71. The second-order valence-corrected chi connectivity index (χ2v) is 7.39. The van der Waals surface area contributed by atoms with Crippen LogP contribution in [0.1, 0.15) is 51.4 Å². The molecule has 1 saturated carbocycles. The van der Waals surface area contributed by atoms with Gasteiger partial charge in [-0.2, -0.15) is 11.8 Å². The maximum Gasteiger partial charge on any atom is 0.229 e. The van der Waals surface area contributed by atoms with Crippen molar-refractivity contribution in [1.29, 1.82) is 0 Å². The first-order chi connectivity index (χ1) is 9.74. The van der Waals surface area contributed by atoms with E-state index < -0.39 is 0 Å². The van der Waals surface area contributed by atoms with Gasteiger partial charge in [-0.25, -0.2) is 0 Å². The summed E-state index contributed by atoms with van der Waals surface area (Å²) in [7, 11) is 0. The first-order valence-electron chi connectivity index (χ1n) is 7.92. The summed E-state index contributed by atoms with van der Waals surface area (Å²) >= 11 is 2.05. The fraction of sp³-hybridized carbons (Fsp3) is 0.867. The smallest absolute Gasteiger partial charge is 0.229 e. The number of likely N-dealkylation sites (tertiary alicyclic amines) is 1. The Morgan fingerprint density at radius 1 is 0.950 bits per heavy atom. The second-order valence-electron chi connectivity index (χ2n) is 6.24. The number of thioether (sulfide) groups is 1.